The maximum absolute atomic E-state index is 10.5. The van der Waals surface area contributed by atoms with Gasteiger partial charge >= 0.3 is 5.82 Å². The van der Waals surface area contributed by atoms with Crippen molar-refractivity contribution in [1.29, 1.82) is 0 Å². The average Bonchev–Trinajstić information content (AvgIpc) is 2.70. The molecule has 1 unspecified atom stereocenters. The lowest BCUT2D eigenvalue weighted by Gasteiger charge is -2.02. The molecule has 0 aliphatic carbocycles. The number of nitrogens with zero attached hydrogens (tertiary/aromatic N) is 3. The first-order valence-corrected chi connectivity index (χ1v) is 5.07. The van der Waals surface area contributed by atoms with Gasteiger partial charge in [-0.25, -0.2) is 0 Å². The van der Waals surface area contributed by atoms with Crippen molar-refractivity contribution in [2.45, 2.75) is 12.5 Å². The summed E-state index contributed by atoms with van der Waals surface area (Å²) in [7, 11) is 0. The molecule has 7 heteroatoms. The van der Waals surface area contributed by atoms with Crippen LogP contribution in [0.2, 0.25) is 0 Å². The summed E-state index contributed by atoms with van der Waals surface area (Å²) in [5.41, 5.74) is 0. The Morgan fingerprint density at radius 1 is 1.79 bits per heavy atom. The molecule has 0 saturated carbocycles. The predicted molar refractivity (Wildman–Crippen MR) is 53.1 cm³/mol. The van der Waals surface area contributed by atoms with E-state index in [2.05, 4.69) is 26.3 Å². The largest absolute Gasteiger partial charge is 0.404 e. The fourth-order valence-corrected chi connectivity index (χ4v) is 1.97. The van der Waals surface area contributed by atoms with Gasteiger partial charge in [-0.15, -0.1) is 0 Å². The number of hydrogen-bond acceptors (Lipinski definition) is 4. The Balaban J connectivity index is 2.27. The van der Waals surface area contributed by atoms with Crippen molar-refractivity contribution in [3.05, 3.63) is 20.8 Å². The van der Waals surface area contributed by atoms with E-state index in [0.29, 0.717) is 4.47 Å². The van der Waals surface area contributed by atoms with Crippen LogP contribution in [0.1, 0.15) is 12.5 Å². The molecule has 1 aliphatic heterocycles. The molecule has 0 bridgehead atoms. The van der Waals surface area contributed by atoms with E-state index in [9.17, 15) is 10.1 Å². The Labute approximate surface area is 88.6 Å². The lowest BCUT2D eigenvalue weighted by atomic mass is 10.3. The van der Waals surface area contributed by atoms with Gasteiger partial charge in [-0.05, 0) is 33.8 Å². The zero-order valence-corrected chi connectivity index (χ0v) is 8.90. The van der Waals surface area contributed by atoms with Gasteiger partial charge in [-0.3, -0.25) is 0 Å². The molecule has 0 radical (unpaired) electrons. The van der Waals surface area contributed by atoms with E-state index >= 15 is 0 Å². The Morgan fingerprint density at radius 2 is 2.57 bits per heavy atom. The maximum atomic E-state index is 10.5. The minimum absolute atomic E-state index is 0.114. The van der Waals surface area contributed by atoms with Gasteiger partial charge in [0, 0.05) is 6.54 Å². The molecule has 0 spiro atoms. The van der Waals surface area contributed by atoms with Gasteiger partial charge in [-0.2, -0.15) is 4.68 Å². The van der Waals surface area contributed by atoms with Crippen molar-refractivity contribution >= 4 is 21.7 Å². The second kappa shape index (κ2) is 3.66. The van der Waals surface area contributed by atoms with Gasteiger partial charge in [0.25, 0.3) is 0 Å². The first kappa shape index (κ1) is 9.60. The van der Waals surface area contributed by atoms with Crippen LogP contribution < -0.4 is 5.32 Å². The van der Waals surface area contributed by atoms with Crippen LogP contribution >= 0.6 is 15.9 Å². The molecule has 1 aromatic heterocycles. The molecular weight excluding hydrogens is 252 g/mol. The Bertz CT molecular complexity index is 359. The fraction of sp³-hybridized carbons (Fsp3) is 0.571. The molecule has 1 aliphatic rings. The van der Waals surface area contributed by atoms with Crippen molar-refractivity contribution in [1.82, 2.24) is 15.1 Å². The van der Waals surface area contributed by atoms with Gasteiger partial charge < -0.3 is 15.4 Å². The van der Waals surface area contributed by atoms with Crippen LogP contribution in [0.3, 0.4) is 0 Å². The molecule has 6 nitrogen and oxygen atoms in total. The van der Waals surface area contributed by atoms with Gasteiger partial charge in [0.2, 0.25) is 0 Å². The second-order valence-electron chi connectivity index (χ2n) is 3.18. The summed E-state index contributed by atoms with van der Waals surface area (Å²) in [5.74, 6) is -0.114. The highest BCUT2D eigenvalue weighted by Crippen LogP contribution is 2.25. The number of nitrogens with one attached hydrogen (secondary N) is 1. The molecule has 1 N–H and O–H groups in total. The van der Waals surface area contributed by atoms with Crippen LogP contribution in [0.15, 0.2) is 10.7 Å². The van der Waals surface area contributed by atoms with Crippen LogP contribution in [0.25, 0.3) is 0 Å². The molecule has 2 rings (SSSR count). The minimum atomic E-state index is -0.483. The van der Waals surface area contributed by atoms with E-state index in [1.54, 1.807) is 10.9 Å². The molecule has 76 valence electrons. The number of nitro groups is 1. The van der Waals surface area contributed by atoms with E-state index in [0.717, 1.165) is 19.5 Å². The summed E-state index contributed by atoms with van der Waals surface area (Å²) in [6.45, 7) is 1.77. The topological polar surface area (TPSA) is 73.0 Å². The number of hydrogen-bond donors (Lipinski definition) is 1. The molecule has 1 fully saturated rings. The maximum Gasteiger partial charge on any atom is 0.404 e. The van der Waals surface area contributed by atoms with Crippen LogP contribution in [0.5, 0.6) is 0 Å². The van der Waals surface area contributed by atoms with Crippen molar-refractivity contribution < 1.29 is 4.92 Å². The Kier molecular flexibility index (Phi) is 2.51. The van der Waals surface area contributed by atoms with E-state index in [4.69, 9.17) is 0 Å². The minimum Gasteiger partial charge on any atom is -0.358 e. The Morgan fingerprint density at radius 3 is 3.07 bits per heavy atom. The van der Waals surface area contributed by atoms with Gasteiger partial charge in [0.15, 0.2) is 0 Å². The smallest absolute Gasteiger partial charge is 0.358 e. The summed E-state index contributed by atoms with van der Waals surface area (Å²) in [5, 5.41) is 17.6. The zero-order valence-electron chi connectivity index (χ0n) is 7.31. The normalized spacial score (nSPS) is 21.4. The summed E-state index contributed by atoms with van der Waals surface area (Å²) in [6.07, 6.45) is 2.63. The highest BCUT2D eigenvalue weighted by atomic mass is 79.9. The molecule has 1 atom stereocenters. The molecule has 2 heterocycles. The van der Waals surface area contributed by atoms with E-state index in [1.807, 2.05) is 0 Å². The van der Waals surface area contributed by atoms with Gasteiger partial charge in [-0.1, -0.05) is 0 Å². The summed E-state index contributed by atoms with van der Waals surface area (Å²) >= 11 is 3.12. The molecular formula is C7H9BrN4O2. The van der Waals surface area contributed by atoms with Crippen LogP contribution in [-0.4, -0.2) is 27.8 Å². The lowest BCUT2D eigenvalue weighted by Crippen LogP contribution is -2.13. The van der Waals surface area contributed by atoms with Crippen molar-refractivity contribution in [2.75, 3.05) is 13.1 Å². The summed E-state index contributed by atoms with van der Waals surface area (Å²) < 4.78 is 2.09. The van der Waals surface area contributed by atoms with Crippen LogP contribution in [-0.2, 0) is 0 Å². The van der Waals surface area contributed by atoms with Gasteiger partial charge in [0.1, 0.15) is 4.47 Å². The monoisotopic (exact) mass is 260 g/mol. The number of rotatable bonds is 2. The van der Waals surface area contributed by atoms with Crippen molar-refractivity contribution in [3.63, 3.8) is 0 Å². The fourth-order valence-electron chi connectivity index (χ4n) is 1.54. The third kappa shape index (κ3) is 1.64. The first-order valence-electron chi connectivity index (χ1n) is 4.28. The molecule has 14 heavy (non-hydrogen) atoms. The standard InChI is InChI=1S/C7H9BrN4O2/c8-6-4-11(5-1-2-9-3-5)10-7(6)12(13)14/h4-5,9H,1-3H2. The van der Waals surface area contributed by atoms with Crippen molar-refractivity contribution in [2.24, 2.45) is 0 Å². The highest BCUT2D eigenvalue weighted by Gasteiger charge is 2.25. The highest BCUT2D eigenvalue weighted by molar-refractivity contribution is 9.10. The zero-order chi connectivity index (χ0) is 10.1. The molecule has 0 aromatic carbocycles. The third-order valence-electron chi connectivity index (χ3n) is 2.25. The summed E-state index contributed by atoms with van der Waals surface area (Å²) in [4.78, 5) is 10.1. The first-order chi connectivity index (χ1) is 6.68. The summed E-state index contributed by atoms with van der Waals surface area (Å²) in [6, 6.07) is 0.236. The van der Waals surface area contributed by atoms with E-state index in [-0.39, 0.29) is 11.9 Å². The molecule has 0 amide bonds. The van der Waals surface area contributed by atoms with Crippen LogP contribution in [0.4, 0.5) is 5.82 Å². The lowest BCUT2D eigenvalue weighted by molar-refractivity contribution is -0.390. The Hall–Kier alpha value is -0.950. The SMILES string of the molecule is O=[N+]([O-])c1nn(C2CCNC2)cc1Br. The molecule has 1 aromatic rings. The predicted octanol–water partition coefficient (Wildman–Crippen LogP) is 1.09. The van der Waals surface area contributed by atoms with Crippen LogP contribution in [0, 0.1) is 10.1 Å². The number of halogens is 1. The van der Waals surface area contributed by atoms with Gasteiger partial charge in [0.05, 0.1) is 17.3 Å². The van der Waals surface area contributed by atoms with E-state index in [1.165, 1.54) is 0 Å². The quantitative estimate of drug-likeness (QED) is 0.638. The van der Waals surface area contributed by atoms with E-state index < -0.39 is 4.92 Å². The second-order valence-corrected chi connectivity index (χ2v) is 4.04. The van der Waals surface area contributed by atoms with Crippen molar-refractivity contribution in [3.8, 4) is 0 Å². The average molecular weight is 261 g/mol. The third-order valence-corrected chi connectivity index (χ3v) is 2.81. The number of aromatic nitrogens is 2. The molecule has 1 saturated heterocycles.